The highest BCUT2D eigenvalue weighted by molar-refractivity contribution is 5.76. The van der Waals surface area contributed by atoms with E-state index in [4.69, 9.17) is 9.47 Å². The third-order valence-corrected chi connectivity index (χ3v) is 8.95. The third kappa shape index (κ3) is 21.5. The van der Waals surface area contributed by atoms with Crippen molar-refractivity contribution >= 4 is 5.91 Å². The number of aliphatic hydroxyl groups is 5. The van der Waals surface area contributed by atoms with Crippen LogP contribution < -0.4 is 5.32 Å². The van der Waals surface area contributed by atoms with Crippen LogP contribution >= 0.6 is 0 Å². The van der Waals surface area contributed by atoms with E-state index in [9.17, 15) is 30.3 Å². The molecule has 1 aliphatic rings. The Hall–Kier alpha value is -1.59. The first kappa shape index (κ1) is 44.4. The number of hydrogen-bond donors (Lipinski definition) is 6. The summed E-state index contributed by atoms with van der Waals surface area (Å²) in [6, 6.07) is -0.820. The normalized spacial score (nSPS) is 23.0. The average molecular weight is 682 g/mol. The van der Waals surface area contributed by atoms with Crippen LogP contribution in [-0.4, -0.2) is 87.5 Å². The standard InChI is InChI=1S/C39H71NO8/c1-3-5-7-9-10-11-12-13-14-15-16-17-18-19-20-21-22-23-25-26-28-33(42)32(40-35(43)29-27-24-8-6-4-2)31-47-39-38(46)37(45)36(44)34(30-41)48-39/h17-18,21-22,26,28,32-34,36-39,41-42,44-46H,3-16,19-20,23-25,27,29-31H2,1-2H3,(H,40,43)/b18-17+,22-21+,28-26+. The quantitative estimate of drug-likeness (QED) is 0.0370. The fourth-order valence-electron chi connectivity index (χ4n) is 5.77. The SMILES string of the molecule is CCCCCCCCCCCC/C=C/CC/C=C/CC/C=C/C(O)C(COC1OC(CO)C(O)C(O)C1O)NC(=O)CCCCCCC. The van der Waals surface area contributed by atoms with Crippen molar-refractivity contribution in [3.05, 3.63) is 36.5 Å². The Morgan fingerprint density at radius 1 is 0.688 bits per heavy atom. The summed E-state index contributed by atoms with van der Waals surface area (Å²) in [5.41, 5.74) is 0. The van der Waals surface area contributed by atoms with E-state index in [2.05, 4.69) is 43.5 Å². The number of nitrogens with one attached hydrogen (secondary N) is 1. The lowest BCUT2D eigenvalue weighted by Crippen LogP contribution is -2.60. The van der Waals surface area contributed by atoms with Crippen molar-refractivity contribution in [1.29, 1.82) is 0 Å². The molecule has 0 spiro atoms. The topological polar surface area (TPSA) is 149 Å². The van der Waals surface area contributed by atoms with Gasteiger partial charge in [0.15, 0.2) is 6.29 Å². The van der Waals surface area contributed by atoms with Crippen molar-refractivity contribution in [2.45, 2.75) is 192 Å². The number of carbonyl (C=O) groups is 1. The van der Waals surface area contributed by atoms with E-state index < -0.39 is 49.5 Å². The molecule has 7 unspecified atom stereocenters. The molecule has 0 aliphatic carbocycles. The lowest BCUT2D eigenvalue weighted by molar-refractivity contribution is -0.302. The zero-order valence-corrected chi connectivity index (χ0v) is 30.2. The number of rotatable bonds is 30. The molecule has 280 valence electrons. The summed E-state index contributed by atoms with van der Waals surface area (Å²) in [7, 11) is 0. The van der Waals surface area contributed by atoms with Crippen LogP contribution in [0.1, 0.15) is 149 Å². The van der Waals surface area contributed by atoms with Crippen molar-refractivity contribution in [2.24, 2.45) is 0 Å². The molecule has 1 amide bonds. The van der Waals surface area contributed by atoms with Gasteiger partial charge in [-0.2, -0.15) is 0 Å². The first-order chi connectivity index (χ1) is 23.3. The summed E-state index contributed by atoms with van der Waals surface area (Å²) in [5.74, 6) is -0.207. The minimum atomic E-state index is -1.57. The number of hydrogen-bond acceptors (Lipinski definition) is 8. The van der Waals surface area contributed by atoms with Crippen LogP contribution in [0.15, 0.2) is 36.5 Å². The molecular weight excluding hydrogens is 610 g/mol. The zero-order chi connectivity index (χ0) is 35.2. The molecule has 9 heteroatoms. The highest BCUT2D eigenvalue weighted by atomic mass is 16.7. The van der Waals surface area contributed by atoms with Crippen LogP contribution in [0.3, 0.4) is 0 Å². The molecule has 0 aromatic heterocycles. The fraction of sp³-hybridized carbons (Fsp3) is 0.821. The van der Waals surface area contributed by atoms with Gasteiger partial charge in [0.05, 0.1) is 25.4 Å². The Morgan fingerprint density at radius 2 is 1.19 bits per heavy atom. The van der Waals surface area contributed by atoms with Gasteiger partial charge < -0.3 is 40.3 Å². The number of carbonyl (C=O) groups excluding carboxylic acids is 1. The van der Waals surface area contributed by atoms with Gasteiger partial charge >= 0.3 is 0 Å². The molecule has 6 N–H and O–H groups in total. The van der Waals surface area contributed by atoms with Gasteiger partial charge in [0.25, 0.3) is 0 Å². The molecule has 0 saturated carbocycles. The number of ether oxygens (including phenoxy) is 2. The molecule has 1 heterocycles. The molecule has 0 radical (unpaired) electrons. The van der Waals surface area contributed by atoms with Crippen LogP contribution in [0.25, 0.3) is 0 Å². The van der Waals surface area contributed by atoms with E-state index in [1.54, 1.807) is 6.08 Å². The van der Waals surface area contributed by atoms with E-state index in [1.165, 1.54) is 70.6 Å². The Labute approximate surface area is 291 Å². The van der Waals surface area contributed by atoms with Gasteiger partial charge in [-0.3, -0.25) is 4.79 Å². The second kappa shape index (κ2) is 30.3. The number of unbranched alkanes of at least 4 members (excludes halogenated alkanes) is 16. The molecular formula is C39H71NO8. The molecule has 7 atom stereocenters. The molecule has 1 fully saturated rings. The predicted octanol–water partition coefficient (Wildman–Crippen LogP) is 6.55. The summed E-state index contributed by atoms with van der Waals surface area (Å²) in [6.45, 7) is 3.62. The molecule has 0 aromatic rings. The van der Waals surface area contributed by atoms with Gasteiger partial charge in [-0.05, 0) is 44.9 Å². The van der Waals surface area contributed by atoms with E-state index in [-0.39, 0.29) is 12.5 Å². The number of amides is 1. The Morgan fingerprint density at radius 3 is 1.75 bits per heavy atom. The van der Waals surface area contributed by atoms with Crippen molar-refractivity contribution in [3.8, 4) is 0 Å². The zero-order valence-electron chi connectivity index (χ0n) is 30.2. The molecule has 0 aromatic carbocycles. The van der Waals surface area contributed by atoms with Crippen LogP contribution in [0.5, 0.6) is 0 Å². The van der Waals surface area contributed by atoms with Crippen LogP contribution in [0, 0.1) is 0 Å². The first-order valence-electron chi connectivity index (χ1n) is 19.2. The van der Waals surface area contributed by atoms with Crippen molar-refractivity contribution in [2.75, 3.05) is 13.2 Å². The molecule has 48 heavy (non-hydrogen) atoms. The highest BCUT2D eigenvalue weighted by Crippen LogP contribution is 2.22. The Kier molecular flexibility index (Phi) is 28.0. The van der Waals surface area contributed by atoms with Crippen LogP contribution in [-0.2, 0) is 14.3 Å². The largest absolute Gasteiger partial charge is 0.394 e. The Balaban J connectivity index is 2.38. The van der Waals surface area contributed by atoms with E-state index in [0.717, 1.165) is 57.8 Å². The Bertz CT molecular complexity index is 848. The first-order valence-corrected chi connectivity index (χ1v) is 19.2. The summed E-state index contributed by atoms with van der Waals surface area (Å²) in [5, 5.41) is 53.6. The maximum absolute atomic E-state index is 12.7. The summed E-state index contributed by atoms with van der Waals surface area (Å²) in [4.78, 5) is 12.7. The summed E-state index contributed by atoms with van der Waals surface area (Å²) in [6.07, 6.45) is 28.1. The molecule has 1 aliphatic heterocycles. The fourth-order valence-corrected chi connectivity index (χ4v) is 5.77. The van der Waals surface area contributed by atoms with Gasteiger partial charge in [-0.25, -0.2) is 0 Å². The monoisotopic (exact) mass is 682 g/mol. The van der Waals surface area contributed by atoms with Gasteiger partial charge in [0, 0.05) is 6.42 Å². The maximum atomic E-state index is 12.7. The van der Waals surface area contributed by atoms with Crippen LogP contribution in [0.2, 0.25) is 0 Å². The van der Waals surface area contributed by atoms with E-state index in [1.807, 2.05) is 6.08 Å². The lowest BCUT2D eigenvalue weighted by atomic mass is 9.99. The lowest BCUT2D eigenvalue weighted by Gasteiger charge is -2.40. The summed E-state index contributed by atoms with van der Waals surface area (Å²) >= 11 is 0. The van der Waals surface area contributed by atoms with Crippen molar-refractivity contribution in [3.63, 3.8) is 0 Å². The number of aliphatic hydroxyl groups excluding tert-OH is 5. The maximum Gasteiger partial charge on any atom is 0.220 e. The van der Waals surface area contributed by atoms with Crippen molar-refractivity contribution in [1.82, 2.24) is 5.32 Å². The molecule has 9 nitrogen and oxygen atoms in total. The van der Waals surface area contributed by atoms with Crippen molar-refractivity contribution < 1.29 is 39.8 Å². The van der Waals surface area contributed by atoms with E-state index in [0.29, 0.717) is 6.42 Å². The number of allylic oxidation sites excluding steroid dienone is 5. The molecule has 1 rings (SSSR count). The van der Waals surface area contributed by atoms with Crippen LogP contribution in [0.4, 0.5) is 0 Å². The minimum absolute atomic E-state index is 0.206. The van der Waals surface area contributed by atoms with Gasteiger partial charge in [-0.15, -0.1) is 0 Å². The molecule has 0 bridgehead atoms. The smallest absolute Gasteiger partial charge is 0.220 e. The molecule has 1 saturated heterocycles. The second-order valence-corrected chi connectivity index (χ2v) is 13.4. The van der Waals surface area contributed by atoms with E-state index >= 15 is 0 Å². The predicted molar refractivity (Wildman–Crippen MR) is 193 cm³/mol. The second-order valence-electron chi connectivity index (χ2n) is 13.4. The third-order valence-electron chi connectivity index (χ3n) is 8.95. The summed E-state index contributed by atoms with van der Waals surface area (Å²) < 4.78 is 11.1. The van der Waals surface area contributed by atoms with Gasteiger partial charge in [-0.1, -0.05) is 134 Å². The average Bonchev–Trinajstić information content (AvgIpc) is 3.08. The van der Waals surface area contributed by atoms with Gasteiger partial charge in [0.1, 0.15) is 24.4 Å². The van der Waals surface area contributed by atoms with Gasteiger partial charge in [0.2, 0.25) is 5.91 Å². The minimum Gasteiger partial charge on any atom is -0.394 e. The highest BCUT2D eigenvalue weighted by Gasteiger charge is 2.44.